The number of carboxylic acid groups (broad SMARTS) is 2. The summed E-state index contributed by atoms with van der Waals surface area (Å²) in [4.78, 5) is 20.3. The maximum Gasteiger partial charge on any atom is 0.340 e. The molecule has 0 aliphatic rings. The largest absolute Gasteiger partial charge is 0.504 e. The van der Waals surface area contributed by atoms with Crippen LogP contribution in [0.15, 0.2) is 11.0 Å². The number of benzene rings is 1. The van der Waals surface area contributed by atoms with Crippen LogP contribution in [0.25, 0.3) is 0 Å². The van der Waals surface area contributed by atoms with Gasteiger partial charge in [0.1, 0.15) is 10.5 Å². The highest BCUT2D eigenvalue weighted by Gasteiger charge is 2.31. The predicted octanol–water partition coefficient (Wildman–Crippen LogP) is -0.259. The van der Waals surface area contributed by atoms with E-state index in [0.717, 1.165) is 0 Å². The Labute approximate surface area is 99.3 Å². The molecule has 5 N–H and O–H groups in total. The second-order valence-corrected chi connectivity index (χ2v) is 4.47. The molecule has 0 atom stereocenters. The number of aromatic hydroxyl groups is 2. The van der Waals surface area contributed by atoms with Crippen LogP contribution in [0.1, 0.15) is 20.7 Å². The van der Waals surface area contributed by atoms with E-state index in [1.165, 1.54) is 0 Å². The normalized spacial score (nSPS) is 11.2. The first-order valence-electron chi connectivity index (χ1n) is 4.10. The maximum absolute atomic E-state index is 10.9. The van der Waals surface area contributed by atoms with Crippen LogP contribution in [0.3, 0.4) is 0 Å². The zero-order chi connectivity index (χ0) is 14.2. The van der Waals surface area contributed by atoms with Gasteiger partial charge in [0.05, 0.1) is 5.56 Å². The lowest BCUT2D eigenvalue weighted by Crippen LogP contribution is -2.14. The van der Waals surface area contributed by atoms with Crippen molar-refractivity contribution in [3.8, 4) is 11.5 Å². The van der Waals surface area contributed by atoms with Gasteiger partial charge >= 0.3 is 11.9 Å². The molecule has 0 heterocycles. The number of carboxylic acids is 2. The topological polar surface area (TPSA) is 169 Å². The summed E-state index contributed by atoms with van der Waals surface area (Å²) in [7, 11) is -5.09. The van der Waals surface area contributed by atoms with Gasteiger partial charge in [-0.3, -0.25) is 4.55 Å². The van der Waals surface area contributed by atoms with Gasteiger partial charge in [-0.05, 0) is 0 Å². The molecule has 0 unspecified atom stereocenters. The second kappa shape index (κ2) is 4.16. The summed E-state index contributed by atoms with van der Waals surface area (Å²) in [5.74, 6) is -6.49. The molecular weight excluding hydrogens is 272 g/mol. The molecule has 0 aliphatic carbocycles. The molecule has 10 heteroatoms. The number of carbonyl (C=O) groups is 2. The van der Waals surface area contributed by atoms with Crippen molar-refractivity contribution in [3.63, 3.8) is 0 Å². The van der Waals surface area contributed by atoms with E-state index in [-0.39, 0.29) is 6.07 Å². The first-order valence-corrected chi connectivity index (χ1v) is 5.54. The summed E-state index contributed by atoms with van der Waals surface area (Å²) < 4.78 is 30.6. The molecule has 1 aromatic rings. The number of hydrogen-bond donors (Lipinski definition) is 5. The van der Waals surface area contributed by atoms with Gasteiger partial charge in [-0.2, -0.15) is 8.42 Å². The van der Waals surface area contributed by atoms with E-state index < -0.39 is 49.6 Å². The number of phenolic OH excluding ortho intramolecular Hbond substituents is 1. The van der Waals surface area contributed by atoms with Crippen LogP contribution in [0.5, 0.6) is 11.5 Å². The minimum Gasteiger partial charge on any atom is -0.504 e. The van der Waals surface area contributed by atoms with Gasteiger partial charge in [-0.25, -0.2) is 9.59 Å². The number of rotatable bonds is 3. The number of hydrogen-bond acceptors (Lipinski definition) is 6. The van der Waals surface area contributed by atoms with Crippen LogP contribution < -0.4 is 0 Å². The monoisotopic (exact) mass is 278 g/mol. The molecule has 98 valence electrons. The first-order chi connectivity index (χ1) is 8.07. The maximum atomic E-state index is 10.9. The van der Waals surface area contributed by atoms with Crippen molar-refractivity contribution in [1.29, 1.82) is 0 Å². The van der Waals surface area contributed by atoms with Gasteiger partial charge in [0.25, 0.3) is 10.1 Å². The fourth-order valence-electron chi connectivity index (χ4n) is 1.26. The average molecular weight is 278 g/mol. The smallest absolute Gasteiger partial charge is 0.340 e. The van der Waals surface area contributed by atoms with Crippen molar-refractivity contribution in [2.24, 2.45) is 0 Å². The van der Waals surface area contributed by atoms with Crippen LogP contribution in [-0.2, 0) is 10.1 Å². The molecule has 0 bridgehead atoms. The summed E-state index contributed by atoms with van der Waals surface area (Å²) >= 11 is 0. The summed E-state index contributed by atoms with van der Waals surface area (Å²) in [5, 5.41) is 35.8. The minimum absolute atomic E-state index is 0.237. The van der Waals surface area contributed by atoms with Crippen LogP contribution in [0.4, 0.5) is 0 Å². The fraction of sp³-hybridized carbons (Fsp3) is 0. The van der Waals surface area contributed by atoms with Crippen LogP contribution in [0, 0.1) is 0 Å². The van der Waals surface area contributed by atoms with Gasteiger partial charge < -0.3 is 20.4 Å². The van der Waals surface area contributed by atoms with E-state index >= 15 is 0 Å². The molecule has 0 fully saturated rings. The van der Waals surface area contributed by atoms with Crippen LogP contribution >= 0.6 is 0 Å². The molecule has 1 aromatic carbocycles. The molecule has 0 saturated carbocycles. The SMILES string of the molecule is O=C(O)c1c(S(=O)(=O)O)cc(O)c(O)c1C(=O)O. The van der Waals surface area contributed by atoms with Gasteiger partial charge in [-0.15, -0.1) is 0 Å². The van der Waals surface area contributed by atoms with Crippen molar-refractivity contribution in [2.45, 2.75) is 4.90 Å². The number of aromatic carboxylic acids is 2. The average Bonchev–Trinajstić information content (AvgIpc) is 2.18. The Morgan fingerprint density at radius 2 is 1.44 bits per heavy atom. The molecule has 0 amide bonds. The molecule has 0 saturated heterocycles. The molecule has 9 nitrogen and oxygen atoms in total. The molecular formula is C8H6O9S. The quantitative estimate of drug-likeness (QED) is 0.369. The van der Waals surface area contributed by atoms with E-state index in [2.05, 4.69) is 0 Å². The second-order valence-electron chi connectivity index (χ2n) is 3.08. The standard InChI is InChI=1S/C8H6O9S/c9-2-1-3(18(15,16)17)4(7(11)12)5(6(2)10)8(13)14/h1,9-10H,(H,11,12)(H,13,14)(H,15,16,17). The van der Waals surface area contributed by atoms with Crippen LogP contribution in [-0.4, -0.2) is 45.3 Å². The van der Waals surface area contributed by atoms with Crippen LogP contribution in [0.2, 0.25) is 0 Å². The van der Waals surface area contributed by atoms with E-state index in [4.69, 9.17) is 19.9 Å². The third kappa shape index (κ3) is 2.19. The van der Waals surface area contributed by atoms with Crippen molar-refractivity contribution in [2.75, 3.05) is 0 Å². The zero-order valence-corrected chi connectivity index (χ0v) is 9.17. The summed E-state index contributed by atoms with van der Waals surface area (Å²) in [6, 6.07) is 0.237. The van der Waals surface area contributed by atoms with Gasteiger partial charge in [0, 0.05) is 6.07 Å². The van der Waals surface area contributed by atoms with Crippen molar-refractivity contribution in [3.05, 3.63) is 17.2 Å². The van der Waals surface area contributed by atoms with E-state index in [1.54, 1.807) is 0 Å². The van der Waals surface area contributed by atoms with Gasteiger partial charge in [0.2, 0.25) is 0 Å². The van der Waals surface area contributed by atoms with Crippen molar-refractivity contribution in [1.82, 2.24) is 0 Å². The van der Waals surface area contributed by atoms with E-state index in [1.807, 2.05) is 0 Å². The Bertz CT molecular complexity index is 643. The summed E-state index contributed by atoms with van der Waals surface area (Å²) in [6.07, 6.45) is 0. The summed E-state index contributed by atoms with van der Waals surface area (Å²) in [5.41, 5.74) is -2.68. The Kier molecular flexibility index (Phi) is 3.17. The molecule has 0 radical (unpaired) electrons. The third-order valence-electron chi connectivity index (χ3n) is 1.95. The molecule has 0 aliphatic heterocycles. The van der Waals surface area contributed by atoms with E-state index in [9.17, 15) is 23.1 Å². The van der Waals surface area contributed by atoms with E-state index in [0.29, 0.717) is 0 Å². The lowest BCUT2D eigenvalue weighted by atomic mass is 10.1. The highest BCUT2D eigenvalue weighted by atomic mass is 32.2. The Balaban J connectivity index is 3.98. The first kappa shape index (κ1) is 13.7. The Morgan fingerprint density at radius 3 is 1.78 bits per heavy atom. The van der Waals surface area contributed by atoms with Gasteiger partial charge in [0.15, 0.2) is 11.5 Å². The molecule has 0 aromatic heterocycles. The lowest BCUT2D eigenvalue weighted by Gasteiger charge is -2.10. The minimum atomic E-state index is -5.09. The highest BCUT2D eigenvalue weighted by molar-refractivity contribution is 7.86. The zero-order valence-electron chi connectivity index (χ0n) is 8.35. The molecule has 0 spiro atoms. The molecule has 1 rings (SSSR count). The van der Waals surface area contributed by atoms with Gasteiger partial charge in [-0.1, -0.05) is 0 Å². The van der Waals surface area contributed by atoms with Crippen molar-refractivity contribution < 1.29 is 43.0 Å². The predicted molar refractivity (Wildman–Crippen MR) is 53.5 cm³/mol. The fourth-order valence-corrected chi connectivity index (χ4v) is 1.97. The number of phenols is 2. The highest BCUT2D eigenvalue weighted by Crippen LogP contribution is 2.36. The Morgan fingerprint density at radius 1 is 1.00 bits per heavy atom. The third-order valence-corrected chi connectivity index (χ3v) is 2.83. The molecule has 18 heavy (non-hydrogen) atoms. The Hall–Kier alpha value is -2.33. The summed E-state index contributed by atoms with van der Waals surface area (Å²) in [6.45, 7) is 0. The van der Waals surface area contributed by atoms with Crippen molar-refractivity contribution >= 4 is 22.1 Å². The lowest BCUT2D eigenvalue weighted by molar-refractivity contribution is 0.0644.